The molecule has 0 bridgehead atoms. The summed E-state index contributed by atoms with van der Waals surface area (Å²) in [6.45, 7) is 0.386. The third-order valence-corrected chi connectivity index (χ3v) is 3.16. The first-order chi connectivity index (χ1) is 11.4. The zero-order chi connectivity index (χ0) is 15.9. The molecule has 0 unspecified atom stereocenters. The summed E-state index contributed by atoms with van der Waals surface area (Å²) in [5.41, 5.74) is 2.22. The van der Waals surface area contributed by atoms with Gasteiger partial charge in [0, 0.05) is 5.56 Å². The van der Waals surface area contributed by atoms with Gasteiger partial charge < -0.3 is 14.0 Å². The van der Waals surface area contributed by atoms with E-state index in [2.05, 4.69) is 15.4 Å². The molecular formula is C17H15N3O3. The Morgan fingerprint density at radius 3 is 2.61 bits per heavy atom. The zero-order valence-electron chi connectivity index (χ0n) is 12.5. The molecule has 116 valence electrons. The first-order valence-corrected chi connectivity index (χ1v) is 7.02. The van der Waals surface area contributed by atoms with Crippen molar-refractivity contribution in [2.75, 3.05) is 7.11 Å². The highest BCUT2D eigenvalue weighted by Gasteiger charge is 2.17. The zero-order valence-corrected chi connectivity index (χ0v) is 12.5. The number of ether oxygens (including phenoxy) is 1. The predicted molar refractivity (Wildman–Crippen MR) is 84.2 cm³/mol. The van der Waals surface area contributed by atoms with Crippen LogP contribution < -0.4 is 4.74 Å². The maximum absolute atomic E-state index is 5.82. The minimum atomic E-state index is 0.291. The highest BCUT2D eigenvalue weighted by Crippen LogP contribution is 2.18. The Morgan fingerprint density at radius 1 is 1.09 bits per heavy atom. The fraction of sp³-hybridized carbons (Fsp3) is 0.118. The van der Waals surface area contributed by atoms with E-state index in [4.69, 9.17) is 14.0 Å². The molecule has 3 aromatic rings. The summed E-state index contributed by atoms with van der Waals surface area (Å²) in [5, 5.41) is 11.6. The second-order valence-electron chi connectivity index (χ2n) is 4.63. The van der Waals surface area contributed by atoms with Gasteiger partial charge in [0.1, 0.15) is 19.5 Å². The van der Waals surface area contributed by atoms with Gasteiger partial charge in [0.2, 0.25) is 6.39 Å². The molecule has 0 saturated carbocycles. The standard InChI is InChI=1S/C17H15N3O3/c1-21-20-16(17-19-18-12-23-17)15-10-6-5-7-13(15)11-22-14-8-3-2-4-9-14/h2-10,12H,11H2,1H3/b20-16+. The van der Waals surface area contributed by atoms with Crippen LogP contribution in [0.2, 0.25) is 0 Å². The van der Waals surface area contributed by atoms with Gasteiger partial charge in [-0.25, -0.2) is 0 Å². The van der Waals surface area contributed by atoms with E-state index in [1.54, 1.807) is 0 Å². The molecule has 6 heteroatoms. The first-order valence-electron chi connectivity index (χ1n) is 7.02. The Bertz CT molecular complexity index is 771. The Kier molecular flexibility index (Phi) is 4.63. The van der Waals surface area contributed by atoms with Gasteiger partial charge in [0.15, 0.2) is 5.71 Å². The molecule has 0 spiro atoms. The molecule has 1 aromatic heterocycles. The topological polar surface area (TPSA) is 69.7 Å². The van der Waals surface area contributed by atoms with Crippen LogP contribution in [-0.2, 0) is 11.4 Å². The van der Waals surface area contributed by atoms with Crippen LogP contribution in [0, 0.1) is 0 Å². The Labute approximate surface area is 133 Å². The van der Waals surface area contributed by atoms with Crippen LogP contribution in [0.15, 0.2) is 70.6 Å². The molecule has 0 N–H and O–H groups in total. The molecule has 2 aromatic carbocycles. The summed E-state index contributed by atoms with van der Waals surface area (Å²) in [6, 6.07) is 17.3. The largest absolute Gasteiger partial charge is 0.489 e. The van der Waals surface area contributed by atoms with Crippen LogP contribution in [0.3, 0.4) is 0 Å². The number of rotatable bonds is 6. The van der Waals surface area contributed by atoms with Gasteiger partial charge in [-0.05, 0) is 17.7 Å². The fourth-order valence-electron chi connectivity index (χ4n) is 2.13. The van der Waals surface area contributed by atoms with Crippen molar-refractivity contribution >= 4 is 5.71 Å². The molecule has 1 heterocycles. The molecule has 0 atom stereocenters. The lowest BCUT2D eigenvalue weighted by Gasteiger charge is -2.11. The minimum absolute atomic E-state index is 0.291. The van der Waals surface area contributed by atoms with Crippen LogP contribution in [0.5, 0.6) is 5.75 Å². The lowest BCUT2D eigenvalue weighted by Crippen LogP contribution is -2.10. The van der Waals surface area contributed by atoms with Crippen LogP contribution in [-0.4, -0.2) is 23.0 Å². The van der Waals surface area contributed by atoms with Crippen molar-refractivity contribution in [3.05, 3.63) is 78.0 Å². The summed E-state index contributed by atoms with van der Waals surface area (Å²) >= 11 is 0. The molecule has 6 nitrogen and oxygen atoms in total. The fourth-order valence-corrected chi connectivity index (χ4v) is 2.13. The van der Waals surface area contributed by atoms with E-state index < -0.39 is 0 Å². The number of hydrogen-bond acceptors (Lipinski definition) is 6. The van der Waals surface area contributed by atoms with Gasteiger partial charge in [-0.2, -0.15) is 0 Å². The lowest BCUT2D eigenvalue weighted by molar-refractivity contribution is 0.213. The van der Waals surface area contributed by atoms with Crippen LogP contribution >= 0.6 is 0 Å². The summed E-state index contributed by atoms with van der Waals surface area (Å²) in [4.78, 5) is 4.92. The highest BCUT2D eigenvalue weighted by atomic mass is 16.6. The van der Waals surface area contributed by atoms with Gasteiger partial charge >= 0.3 is 0 Å². The van der Waals surface area contributed by atoms with E-state index in [9.17, 15) is 0 Å². The molecule has 0 aliphatic carbocycles. The summed E-state index contributed by atoms with van der Waals surface area (Å²) < 4.78 is 11.1. The number of hydrogen-bond donors (Lipinski definition) is 0. The highest BCUT2D eigenvalue weighted by molar-refractivity contribution is 6.10. The third-order valence-electron chi connectivity index (χ3n) is 3.16. The summed E-state index contributed by atoms with van der Waals surface area (Å²) in [5.74, 6) is 1.09. The second kappa shape index (κ2) is 7.22. The lowest BCUT2D eigenvalue weighted by atomic mass is 10.0. The molecule has 0 saturated heterocycles. The van der Waals surface area contributed by atoms with E-state index in [1.807, 2.05) is 54.6 Å². The minimum Gasteiger partial charge on any atom is -0.489 e. The van der Waals surface area contributed by atoms with Crippen LogP contribution in [0.1, 0.15) is 17.0 Å². The van der Waals surface area contributed by atoms with E-state index in [1.165, 1.54) is 13.5 Å². The molecule has 0 fully saturated rings. The predicted octanol–water partition coefficient (Wildman–Crippen LogP) is 3.05. The Balaban J connectivity index is 1.89. The second-order valence-corrected chi connectivity index (χ2v) is 4.63. The Morgan fingerprint density at radius 2 is 1.87 bits per heavy atom. The van der Waals surface area contributed by atoms with Crippen molar-refractivity contribution in [1.29, 1.82) is 0 Å². The third kappa shape index (κ3) is 3.55. The molecule has 23 heavy (non-hydrogen) atoms. The molecular weight excluding hydrogens is 294 g/mol. The van der Waals surface area contributed by atoms with Crippen LogP contribution in [0.4, 0.5) is 0 Å². The summed E-state index contributed by atoms with van der Waals surface area (Å²) in [6.07, 6.45) is 1.25. The molecule has 0 radical (unpaired) electrons. The van der Waals surface area contributed by atoms with Crippen molar-refractivity contribution in [1.82, 2.24) is 10.2 Å². The van der Waals surface area contributed by atoms with Gasteiger partial charge in [-0.15, -0.1) is 10.2 Å². The number of benzene rings is 2. The molecule has 0 aliphatic heterocycles. The maximum Gasteiger partial charge on any atom is 0.270 e. The van der Waals surface area contributed by atoms with Gasteiger partial charge in [0.05, 0.1) is 0 Å². The van der Waals surface area contributed by atoms with E-state index in [0.29, 0.717) is 18.2 Å². The van der Waals surface area contributed by atoms with E-state index >= 15 is 0 Å². The van der Waals surface area contributed by atoms with Crippen molar-refractivity contribution in [2.24, 2.45) is 5.16 Å². The van der Waals surface area contributed by atoms with Crippen molar-refractivity contribution in [3.8, 4) is 5.75 Å². The van der Waals surface area contributed by atoms with Gasteiger partial charge in [-0.1, -0.05) is 47.6 Å². The van der Waals surface area contributed by atoms with E-state index in [0.717, 1.165) is 16.9 Å². The van der Waals surface area contributed by atoms with Gasteiger partial charge in [0.25, 0.3) is 5.89 Å². The van der Waals surface area contributed by atoms with Crippen LogP contribution in [0.25, 0.3) is 0 Å². The summed E-state index contributed by atoms with van der Waals surface area (Å²) in [7, 11) is 1.47. The SMILES string of the molecule is CO/N=C(/c1nnco1)c1ccccc1COc1ccccc1. The number of para-hydroxylation sites is 1. The molecule has 0 aliphatic rings. The maximum atomic E-state index is 5.82. The average Bonchev–Trinajstić information content (AvgIpc) is 3.13. The number of aromatic nitrogens is 2. The quantitative estimate of drug-likeness (QED) is 0.517. The Hall–Kier alpha value is -3.15. The average molecular weight is 309 g/mol. The normalized spacial score (nSPS) is 11.3. The van der Waals surface area contributed by atoms with Gasteiger partial charge in [-0.3, -0.25) is 0 Å². The molecule has 0 amide bonds. The monoisotopic (exact) mass is 309 g/mol. The van der Waals surface area contributed by atoms with E-state index in [-0.39, 0.29) is 0 Å². The van der Waals surface area contributed by atoms with Crippen molar-refractivity contribution in [3.63, 3.8) is 0 Å². The molecule has 3 rings (SSSR count). The number of oxime groups is 1. The van der Waals surface area contributed by atoms with Crippen molar-refractivity contribution in [2.45, 2.75) is 6.61 Å². The smallest absolute Gasteiger partial charge is 0.270 e. The van der Waals surface area contributed by atoms with Crippen molar-refractivity contribution < 1.29 is 14.0 Å². The number of nitrogens with zero attached hydrogens (tertiary/aromatic N) is 3. The first kappa shape index (κ1) is 14.8.